The van der Waals surface area contributed by atoms with Crippen molar-refractivity contribution >= 4 is 5.69 Å². The lowest BCUT2D eigenvalue weighted by molar-refractivity contribution is 0.0634. The van der Waals surface area contributed by atoms with Gasteiger partial charge in [-0.15, -0.1) is 0 Å². The van der Waals surface area contributed by atoms with Crippen molar-refractivity contribution in [2.75, 3.05) is 18.6 Å². The maximum absolute atomic E-state index is 5.41. The molecule has 0 radical (unpaired) electrons. The van der Waals surface area contributed by atoms with Crippen molar-refractivity contribution in [2.45, 2.75) is 79.9 Å². The molecule has 0 saturated carbocycles. The van der Waals surface area contributed by atoms with Gasteiger partial charge in [0, 0.05) is 30.3 Å². The highest BCUT2D eigenvalue weighted by molar-refractivity contribution is 5.66. The van der Waals surface area contributed by atoms with Crippen molar-refractivity contribution in [3.63, 3.8) is 0 Å². The third kappa shape index (κ3) is 2.87. The molecule has 0 aliphatic carbocycles. The minimum absolute atomic E-state index is 0.0896. The number of methoxy groups -OCH3 is 1. The number of benzene rings is 1. The van der Waals surface area contributed by atoms with Crippen LogP contribution in [0.3, 0.4) is 0 Å². The molecule has 0 amide bonds. The molecule has 136 valence electrons. The molecule has 24 heavy (non-hydrogen) atoms. The second-order valence-electron chi connectivity index (χ2n) is 10.4. The lowest BCUT2D eigenvalue weighted by atomic mass is 9.52. The fourth-order valence-corrected chi connectivity index (χ4v) is 4.83. The summed E-state index contributed by atoms with van der Waals surface area (Å²) >= 11 is 0. The van der Waals surface area contributed by atoms with Crippen molar-refractivity contribution in [3.8, 4) is 0 Å². The van der Waals surface area contributed by atoms with Crippen LogP contribution in [0.25, 0.3) is 0 Å². The maximum atomic E-state index is 5.41. The first-order valence-electron chi connectivity index (χ1n) is 9.16. The highest BCUT2D eigenvalue weighted by Gasteiger charge is 2.58. The SMILES string of the molecule is COCc1ccc2c(c1)C(C(C)(C)C)(C(C)(C)C)CN2C(C)(C)C. The molecule has 0 spiro atoms. The maximum Gasteiger partial charge on any atom is 0.0713 e. The molecule has 2 nitrogen and oxygen atoms in total. The number of rotatable bonds is 2. The largest absolute Gasteiger partial charge is 0.380 e. The average Bonchev–Trinajstić information content (AvgIpc) is 2.73. The van der Waals surface area contributed by atoms with Gasteiger partial charge in [0.05, 0.1) is 6.61 Å². The van der Waals surface area contributed by atoms with E-state index in [1.165, 1.54) is 16.8 Å². The second kappa shape index (κ2) is 5.76. The zero-order valence-corrected chi connectivity index (χ0v) is 17.5. The van der Waals surface area contributed by atoms with Crippen LogP contribution in [0.15, 0.2) is 18.2 Å². The van der Waals surface area contributed by atoms with E-state index in [1.54, 1.807) is 7.11 Å². The standard InChI is InChI=1S/C22H37NO/c1-19(2,3)22(20(4,5)6)15-23(21(7,8)9)18-12-11-16(14-24-10)13-17(18)22/h11-13H,14-15H2,1-10H3. The molecule has 1 aliphatic rings. The normalized spacial score (nSPS) is 18.0. The summed E-state index contributed by atoms with van der Waals surface area (Å²) in [6, 6.07) is 6.94. The molecule has 0 fully saturated rings. The average molecular weight is 332 g/mol. The van der Waals surface area contributed by atoms with E-state index in [0.29, 0.717) is 6.61 Å². The number of nitrogens with zero attached hydrogens (tertiary/aromatic N) is 1. The van der Waals surface area contributed by atoms with Gasteiger partial charge in [0.1, 0.15) is 0 Å². The molecule has 2 rings (SSSR count). The molecular weight excluding hydrogens is 294 g/mol. The number of hydrogen-bond acceptors (Lipinski definition) is 2. The molecule has 0 atom stereocenters. The molecule has 1 aliphatic heterocycles. The predicted molar refractivity (Wildman–Crippen MR) is 105 cm³/mol. The van der Waals surface area contributed by atoms with Gasteiger partial charge in [0.25, 0.3) is 0 Å². The molecule has 0 aromatic heterocycles. The Hall–Kier alpha value is -1.02. The third-order valence-corrected chi connectivity index (χ3v) is 5.89. The summed E-state index contributed by atoms with van der Waals surface area (Å²) in [6.45, 7) is 23.1. The Morgan fingerprint density at radius 2 is 1.50 bits per heavy atom. The Bertz CT molecular complexity index is 582. The Morgan fingerprint density at radius 3 is 1.92 bits per heavy atom. The summed E-state index contributed by atoms with van der Waals surface area (Å²) in [7, 11) is 1.77. The van der Waals surface area contributed by atoms with Gasteiger partial charge < -0.3 is 9.64 Å². The smallest absolute Gasteiger partial charge is 0.0713 e. The van der Waals surface area contributed by atoms with Crippen LogP contribution < -0.4 is 4.90 Å². The lowest BCUT2D eigenvalue weighted by Crippen LogP contribution is -2.55. The summed E-state index contributed by atoms with van der Waals surface area (Å²) in [5.74, 6) is 0. The van der Waals surface area contributed by atoms with E-state index >= 15 is 0 Å². The summed E-state index contributed by atoms with van der Waals surface area (Å²) in [6.07, 6.45) is 0. The van der Waals surface area contributed by atoms with Gasteiger partial charge in [-0.25, -0.2) is 0 Å². The van der Waals surface area contributed by atoms with Gasteiger partial charge in [0.15, 0.2) is 0 Å². The molecule has 0 N–H and O–H groups in total. The topological polar surface area (TPSA) is 12.5 Å². The van der Waals surface area contributed by atoms with Gasteiger partial charge in [-0.05, 0) is 48.8 Å². The monoisotopic (exact) mass is 331 g/mol. The predicted octanol–water partition coefficient (Wildman–Crippen LogP) is 5.78. The van der Waals surface area contributed by atoms with Gasteiger partial charge in [-0.1, -0.05) is 53.7 Å². The highest BCUT2D eigenvalue weighted by atomic mass is 16.5. The van der Waals surface area contributed by atoms with E-state index < -0.39 is 0 Å². The van der Waals surface area contributed by atoms with Gasteiger partial charge >= 0.3 is 0 Å². The molecule has 1 heterocycles. The van der Waals surface area contributed by atoms with Crippen LogP contribution in [-0.2, 0) is 16.8 Å². The second-order valence-corrected chi connectivity index (χ2v) is 10.4. The molecule has 0 bridgehead atoms. The quantitative estimate of drug-likeness (QED) is 0.681. The molecule has 0 saturated heterocycles. The van der Waals surface area contributed by atoms with Crippen LogP contribution in [0.1, 0.15) is 73.4 Å². The number of hydrogen-bond donors (Lipinski definition) is 0. The summed E-state index contributed by atoms with van der Waals surface area (Å²) in [5, 5.41) is 0. The van der Waals surface area contributed by atoms with E-state index in [2.05, 4.69) is 85.4 Å². The summed E-state index contributed by atoms with van der Waals surface area (Å²) in [5.41, 5.74) is 4.67. The first-order valence-corrected chi connectivity index (χ1v) is 9.16. The molecule has 0 unspecified atom stereocenters. The number of ether oxygens (including phenoxy) is 1. The highest BCUT2D eigenvalue weighted by Crippen LogP contribution is 2.60. The molecule has 1 aromatic carbocycles. The minimum atomic E-state index is 0.0896. The van der Waals surface area contributed by atoms with Gasteiger partial charge in [0.2, 0.25) is 0 Å². The van der Waals surface area contributed by atoms with E-state index in [1.807, 2.05) is 0 Å². The van der Waals surface area contributed by atoms with Crippen molar-refractivity contribution in [2.24, 2.45) is 10.8 Å². The number of anilines is 1. The van der Waals surface area contributed by atoms with Crippen molar-refractivity contribution in [3.05, 3.63) is 29.3 Å². The van der Waals surface area contributed by atoms with Crippen LogP contribution in [0, 0.1) is 10.8 Å². The Balaban J connectivity index is 2.79. The zero-order valence-electron chi connectivity index (χ0n) is 17.5. The van der Waals surface area contributed by atoms with Gasteiger partial charge in [-0.3, -0.25) is 0 Å². The first-order chi connectivity index (χ1) is 10.8. The summed E-state index contributed by atoms with van der Waals surface area (Å²) in [4.78, 5) is 2.61. The third-order valence-electron chi connectivity index (χ3n) is 5.89. The van der Waals surface area contributed by atoms with Crippen LogP contribution in [0.5, 0.6) is 0 Å². The van der Waals surface area contributed by atoms with Crippen LogP contribution in [-0.4, -0.2) is 19.2 Å². The number of fused-ring (bicyclic) bond motifs is 1. The first kappa shape index (κ1) is 19.3. The van der Waals surface area contributed by atoms with Crippen molar-refractivity contribution in [1.82, 2.24) is 0 Å². The minimum Gasteiger partial charge on any atom is -0.380 e. The Morgan fingerprint density at radius 1 is 0.958 bits per heavy atom. The van der Waals surface area contributed by atoms with E-state index in [-0.39, 0.29) is 21.8 Å². The lowest BCUT2D eigenvalue weighted by Gasteiger charge is -2.53. The Labute approximate surface area is 149 Å². The van der Waals surface area contributed by atoms with Gasteiger partial charge in [-0.2, -0.15) is 0 Å². The summed E-state index contributed by atoms with van der Waals surface area (Å²) < 4.78 is 5.41. The van der Waals surface area contributed by atoms with Crippen LogP contribution in [0.2, 0.25) is 0 Å². The zero-order chi connectivity index (χ0) is 18.6. The van der Waals surface area contributed by atoms with E-state index in [9.17, 15) is 0 Å². The van der Waals surface area contributed by atoms with E-state index in [4.69, 9.17) is 4.74 Å². The van der Waals surface area contributed by atoms with E-state index in [0.717, 1.165) is 6.54 Å². The molecular formula is C22H37NO. The molecule has 1 aromatic rings. The van der Waals surface area contributed by atoms with Crippen molar-refractivity contribution < 1.29 is 4.74 Å². The Kier molecular flexibility index (Phi) is 4.63. The fraction of sp³-hybridized carbons (Fsp3) is 0.727. The van der Waals surface area contributed by atoms with Crippen LogP contribution >= 0.6 is 0 Å². The van der Waals surface area contributed by atoms with Crippen molar-refractivity contribution in [1.29, 1.82) is 0 Å². The fourth-order valence-electron chi connectivity index (χ4n) is 4.83. The molecule has 2 heteroatoms. The van der Waals surface area contributed by atoms with Crippen LogP contribution in [0.4, 0.5) is 5.69 Å².